The molecule has 0 aliphatic heterocycles. The van der Waals surface area contributed by atoms with Gasteiger partial charge in [-0.3, -0.25) is 0 Å². The first-order chi connectivity index (χ1) is 11.9. The molecule has 9 unspecified atom stereocenters. The van der Waals surface area contributed by atoms with Gasteiger partial charge in [0.05, 0.1) is 12.1 Å². The molecule has 0 aromatic rings. The summed E-state index contributed by atoms with van der Waals surface area (Å²) in [4.78, 5) is 14.7. The topological polar surface area (TPSA) is 49.7 Å². The van der Waals surface area contributed by atoms with Crippen LogP contribution < -0.4 is 0 Å². The van der Waals surface area contributed by atoms with E-state index in [1.807, 2.05) is 6.92 Å². The van der Waals surface area contributed by atoms with Crippen LogP contribution in [0.5, 0.6) is 0 Å². The third kappa shape index (κ3) is 2.57. The second-order valence-electron chi connectivity index (χ2n) is 10.3. The van der Waals surface area contributed by atoms with E-state index in [4.69, 9.17) is 0 Å². The third-order valence-corrected chi connectivity index (χ3v) is 9.53. The van der Waals surface area contributed by atoms with E-state index in [1.165, 1.54) is 44.9 Å². The molecule has 0 heterocycles. The fourth-order valence-electron chi connectivity index (χ4n) is 8.26. The van der Waals surface area contributed by atoms with Crippen LogP contribution in [0.25, 0.3) is 0 Å². The molecule has 3 nitrogen and oxygen atoms in total. The lowest BCUT2D eigenvalue weighted by Crippen LogP contribution is -2.54. The van der Waals surface area contributed by atoms with Crippen LogP contribution in [0, 0.1) is 40.4 Å². The van der Waals surface area contributed by atoms with E-state index in [0.717, 1.165) is 36.5 Å². The first-order valence-electron chi connectivity index (χ1n) is 10.6. The average molecular weight is 346 g/mol. The Hall–Kier alpha value is -0.660. The van der Waals surface area contributed by atoms with Gasteiger partial charge in [0.25, 0.3) is 0 Å². The zero-order valence-electron chi connectivity index (χ0n) is 16.2. The van der Waals surface area contributed by atoms with Crippen LogP contribution in [-0.4, -0.2) is 23.3 Å². The highest BCUT2D eigenvalue weighted by Gasteiger charge is 2.60. The summed E-state index contributed by atoms with van der Waals surface area (Å²) in [6.07, 6.45) is 12.9. The molecule has 0 bridgehead atoms. The molecule has 25 heavy (non-hydrogen) atoms. The molecule has 4 fully saturated rings. The van der Waals surface area contributed by atoms with Gasteiger partial charge in [0, 0.05) is 0 Å². The molecule has 0 aromatic heterocycles. The minimum Gasteiger partial charge on any atom is -0.393 e. The normalized spacial score (nSPS) is 53.1. The van der Waals surface area contributed by atoms with Gasteiger partial charge in [-0.05, 0) is 105 Å². The molecule has 0 radical (unpaired) electrons. The number of rotatable bonds is 2. The number of hydrogen-bond donors (Lipinski definition) is 1. The van der Waals surface area contributed by atoms with E-state index in [9.17, 15) is 9.90 Å². The number of aliphatic hydroxyl groups is 1. The van der Waals surface area contributed by atoms with Crippen molar-refractivity contribution in [3.8, 4) is 0 Å². The Labute approximate surface area is 152 Å². The van der Waals surface area contributed by atoms with E-state index in [-0.39, 0.29) is 12.1 Å². The van der Waals surface area contributed by atoms with Gasteiger partial charge >= 0.3 is 0 Å². The van der Waals surface area contributed by atoms with Crippen molar-refractivity contribution in [2.24, 2.45) is 45.4 Å². The molecule has 1 N–H and O–H groups in total. The van der Waals surface area contributed by atoms with Crippen molar-refractivity contribution >= 4 is 6.08 Å². The molecule has 0 amide bonds. The van der Waals surface area contributed by atoms with Gasteiger partial charge in [0.2, 0.25) is 6.08 Å². The average Bonchev–Trinajstić information content (AvgIpc) is 2.93. The highest BCUT2D eigenvalue weighted by atomic mass is 16.3. The lowest BCUT2D eigenvalue weighted by molar-refractivity contribution is -0.120. The first kappa shape index (κ1) is 17.7. The zero-order valence-corrected chi connectivity index (χ0v) is 16.2. The standard InChI is InChI=1S/C22H35NO2/c1-14(25)18-6-7-19-17-5-4-15-12-16(23-13-24)8-10-21(15,2)20(17)9-11-22(18,19)3/h14-20,25H,4-12H2,1-3H3. The molecule has 3 heteroatoms. The van der Waals surface area contributed by atoms with E-state index >= 15 is 0 Å². The molecule has 4 saturated carbocycles. The lowest BCUT2D eigenvalue weighted by Gasteiger charge is -2.61. The summed E-state index contributed by atoms with van der Waals surface area (Å²) in [5, 5.41) is 10.3. The Morgan fingerprint density at radius 1 is 1.00 bits per heavy atom. The van der Waals surface area contributed by atoms with Crippen molar-refractivity contribution in [3.05, 3.63) is 0 Å². The predicted octanol–water partition coefficient (Wildman–Crippen LogP) is 4.73. The summed E-state index contributed by atoms with van der Waals surface area (Å²) in [7, 11) is 0. The predicted molar refractivity (Wildman–Crippen MR) is 98.8 cm³/mol. The van der Waals surface area contributed by atoms with Crippen LogP contribution >= 0.6 is 0 Å². The minimum atomic E-state index is -0.157. The van der Waals surface area contributed by atoms with Crippen molar-refractivity contribution in [2.45, 2.75) is 90.7 Å². The van der Waals surface area contributed by atoms with Crippen LogP contribution in [0.4, 0.5) is 0 Å². The number of aliphatic imine (C=N–C) groups is 1. The minimum absolute atomic E-state index is 0.157. The van der Waals surface area contributed by atoms with E-state index in [2.05, 4.69) is 18.8 Å². The smallest absolute Gasteiger partial charge is 0.235 e. The van der Waals surface area contributed by atoms with Crippen LogP contribution in [0.3, 0.4) is 0 Å². The number of hydrogen-bond acceptors (Lipinski definition) is 3. The van der Waals surface area contributed by atoms with E-state index in [1.54, 1.807) is 6.08 Å². The Morgan fingerprint density at radius 3 is 2.44 bits per heavy atom. The maximum atomic E-state index is 10.7. The van der Waals surface area contributed by atoms with Crippen LogP contribution in [0.1, 0.15) is 78.6 Å². The summed E-state index contributed by atoms with van der Waals surface area (Å²) in [6, 6.07) is 0.229. The molecule has 4 aliphatic rings. The first-order valence-corrected chi connectivity index (χ1v) is 10.6. The van der Waals surface area contributed by atoms with Crippen LogP contribution in [0.2, 0.25) is 0 Å². The molecule has 4 rings (SSSR count). The lowest BCUT2D eigenvalue weighted by atomic mass is 9.44. The van der Waals surface area contributed by atoms with E-state index < -0.39 is 0 Å². The molecule has 0 spiro atoms. The van der Waals surface area contributed by atoms with Gasteiger partial charge < -0.3 is 5.11 Å². The molecule has 140 valence electrons. The molecule has 0 aromatic carbocycles. The monoisotopic (exact) mass is 345 g/mol. The quantitative estimate of drug-likeness (QED) is 0.581. The largest absolute Gasteiger partial charge is 0.393 e. The van der Waals surface area contributed by atoms with Crippen molar-refractivity contribution in [2.75, 3.05) is 0 Å². The summed E-state index contributed by atoms with van der Waals surface area (Å²) >= 11 is 0. The van der Waals surface area contributed by atoms with Crippen LogP contribution in [0.15, 0.2) is 4.99 Å². The second-order valence-corrected chi connectivity index (χ2v) is 10.3. The van der Waals surface area contributed by atoms with Crippen molar-refractivity contribution in [3.63, 3.8) is 0 Å². The number of aliphatic hydroxyl groups excluding tert-OH is 1. The molecule has 4 aliphatic carbocycles. The maximum absolute atomic E-state index is 10.7. The van der Waals surface area contributed by atoms with E-state index in [0.29, 0.717) is 16.7 Å². The zero-order chi connectivity index (χ0) is 17.8. The van der Waals surface area contributed by atoms with Gasteiger partial charge in [-0.25, -0.2) is 9.79 Å². The molecule has 0 saturated heterocycles. The summed E-state index contributed by atoms with van der Waals surface area (Å²) in [5.41, 5.74) is 0.805. The number of nitrogens with zero attached hydrogens (tertiary/aromatic N) is 1. The summed E-state index contributed by atoms with van der Waals surface area (Å²) < 4.78 is 0. The molecule has 9 atom stereocenters. The van der Waals surface area contributed by atoms with Crippen LogP contribution in [-0.2, 0) is 4.79 Å². The Balaban J connectivity index is 1.57. The Bertz CT molecular complexity index is 568. The molecular weight excluding hydrogens is 310 g/mol. The fraction of sp³-hybridized carbons (Fsp3) is 0.955. The Kier molecular flexibility index (Phi) is 4.40. The fourth-order valence-corrected chi connectivity index (χ4v) is 8.26. The van der Waals surface area contributed by atoms with Gasteiger partial charge in [-0.2, -0.15) is 0 Å². The van der Waals surface area contributed by atoms with Crippen molar-refractivity contribution < 1.29 is 9.90 Å². The number of isocyanates is 1. The van der Waals surface area contributed by atoms with Gasteiger partial charge in [-0.15, -0.1) is 0 Å². The summed E-state index contributed by atoms with van der Waals surface area (Å²) in [5.74, 6) is 3.76. The maximum Gasteiger partial charge on any atom is 0.235 e. The van der Waals surface area contributed by atoms with Gasteiger partial charge in [0.1, 0.15) is 0 Å². The highest BCUT2D eigenvalue weighted by molar-refractivity contribution is 5.33. The third-order valence-electron chi connectivity index (χ3n) is 9.53. The highest BCUT2D eigenvalue weighted by Crippen LogP contribution is 2.67. The SMILES string of the molecule is CC(O)C1CCC2C3CCC4CC(N=C=O)CCC4(C)C3CCC12C. The number of fused-ring (bicyclic) bond motifs is 5. The number of carbonyl (C=O) groups excluding carboxylic acids is 1. The van der Waals surface area contributed by atoms with Gasteiger partial charge in [0.15, 0.2) is 0 Å². The van der Waals surface area contributed by atoms with Crippen molar-refractivity contribution in [1.29, 1.82) is 0 Å². The van der Waals surface area contributed by atoms with Crippen molar-refractivity contribution in [1.82, 2.24) is 0 Å². The summed E-state index contributed by atoms with van der Waals surface area (Å²) in [6.45, 7) is 7.05. The second kappa shape index (κ2) is 6.20. The Morgan fingerprint density at radius 2 is 1.72 bits per heavy atom. The van der Waals surface area contributed by atoms with Gasteiger partial charge in [-0.1, -0.05) is 13.8 Å². The molecular formula is C22H35NO2.